The van der Waals surface area contributed by atoms with Crippen LogP contribution in [0.25, 0.3) is 0 Å². The summed E-state index contributed by atoms with van der Waals surface area (Å²) in [5, 5.41) is 9.23. The molecule has 0 aromatic heterocycles. The fourth-order valence-electron chi connectivity index (χ4n) is 4.46. The molecule has 0 unspecified atom stereocenters. The number of carboxylic acid groups (broad SMARTS) is 1. The molecule has 0 atom stereocenters. The summed E-state index contributed by atoms with van der Waals surface area (Å²) >= 11 is 0. The molecule has 5 rings (SSSR count). The van der Waals surface area contributed by atoms with Crippen LogP contribution in [0.15, 0.2) is 77.8 Å². The van der Waals surface area contributed by atoms with Crippen LogP contribution >= 0.6 is 0 Å². The maximum absolute atomic E-state index is 11.2. The third kappa shape index (κ3) is 4.09. The van der Waals surface area contributed by atoms with Crippen molar-refractivity contribution >= 4 is 17.5 Å². The Labute approximate surface area is 182 Å². The normalized spacial score (nSPS) is 16.1. The molecule has 3 aromatic carbocycles. The molecule has 2 heterocycles. The number of hydrogen-bond acceptors (Lipinski definition) is 4. The first-order valence-electron chi connectivity index (χ1n) is 10.7. The molecule has 0 saturated carbocycles. The number of benzene rings is 3. The monoisotopic (exact) mass is 411 g/mol. The van der Waals surface area contributed by atoms with Gasteiger partial charge in [-0.15, -0.1) is 0 Å². The van der Waals surface area contributed by atoms with Gasteiger partial charge in [-0.1, -0.05) is 54.6 Å². The smallest absolute Gasteiger partial charge is 0.335 e. The van der Waals surface area contributed by atoms with Gasteiger partial charge in [-0.2, -0.15) is 0 Å². The number of hydrogen-bond donors (Lipinski definition) is 1. The minimum absolute atomic E-state index is 0.346. The maximum atomic E-state index is 11.2. The number of aromatic carboxylic acids is 1. The predicted octanol–water partition coefficient (Wildman–Crippen LogP) is 4.19. The van der Waals surface area contributed by atoms with E-state index in [-0.39, 0.29) is 0 Å². The second kappa shape index (κ2) is 8.36. The highest BCUT2D eigenvalue weighted by Gasteiger charge is 2.24. The maximum Gasteiger partial charge on any atom is 0.335 e. The Morgan fingerprint density at radius 3 is 2.42 bits per heavy atom. The topological polar surface area (TPSA) is 56.1 Å². The number of amidine groups is 1. The molecule has 0 radical (unpaired) electrons. The van der Waals surface area contributed by atoms with Gasteiger partial charge in [0, 0.05) is 44.7 Å². The first-order chi connectivity index (χ1) is 15.2. The Morgan fingerprint density at radius 1 is 0.871 bits per heavy atom. The molecule has 2 aliphatic heterocycles. The molecule has 5 heteroatoms. The number of carbonyl (C=O) groups is 1. The Balaban J connectivity index is 1.35. The van der Waals surface area contributed by atoms with Crippen molar-refractivity contribution in [2.45, 2.75) is 13.0 Å². The van der Waals surface area contributed by atoms with E-state index in [1.807, 2.05) is 12.1 Å². The second-order valence-corrected chi connectivity index (χ2v) is 8.17. The first-order valence-corrected chi connectivity index (χ1v) is 10.7. The SMILES string of the molecule is O=C(O)c1cccc(CN2CCN(C3=Nc4ccccc4Cc4ccccc43)CC2)c1. The lowest BCUT2D eigenvalue weighted by molar-refractivity contribution is 0.0696. The van der Waals surface area contributed by atoms with Crippen molar-refractivity contribution in [2.24, 2.45) is 4.99 Å². The molecule has 5 nitrogen and oxygen atoms in total. The van der Waals surface area contributed by atoms with Crippen LogP contribution in [0.5, 0.6) is 0 Å². The van der Waals surface area contributed by atoms with Gasteiger partial charge in [0.15, 0.2) is 0 Å². The third-order valence-electron chi connectivity index (χ3n) is 6.11. The molecule has 1 N–H and O–H groups in total. The number of aliphatic imine (C=N–C) groups is 1. The highest BCUT2D eigenvalue weighted by atomic mass is 16.4. The molecule has 2 aliphatic rings. The summed E-state index contributed by atoms with van der Waals surface area (Å²) in [5.74, 6) is 0.185. The largest absolute Gasteiger partial charge is 0.478 e. The van der Waals surface area contributed by atoms with E-state index in [2.05, 4.69) is 58.3 Å². The zero-order chi connectivity index (χ0) is 21.2. The van der Waals surface area contributed by atoms with E-state index in [0.717, 1.165) is 56.2 Å². The highest BCUT2D eigenvalue weighted by molar-refractivity contribution is 6.02. The molecule has 1 saturated heterocycles. The summed E-state index contributed by atoms with van der Waals surface area (Å²) in [6.45, 7) is 4.39. The zero-order valence-corrected chi connectivity index (χ0v) is 17.4. The molecule has 1 fully saturated rings. The predicted molar refractivity (Wildman–Crippen MR) is 122 cm³/mol. The van der Waals surface area contributed by atoms with Crippen molar-refractivity contribution in [1.29, 1.82) is 0 Å². The summed E-state index contributed by atoms with van der Waals surface area (Å²) in [4.78, 5) is 21.1. The van der Waals surface area contributed by atoms with Gasteiger partial charge in [-0.3, -0.25) is 4.90 Å². The summed E-state index contributed by atoms with van der Waals surface area (Å²) < 4.78 is 0. The average molecular weight is 412 g/mol. The minimum Gasteiger partial charge on any atom is -0.478 e. The summed E-state index contributed by atoms with van der Waals surface area (Å²) in [6, 6.07) is 24.2. The highest BCUT2D eigenvalue weighted by Crippen LogP contribution is 2.29. The van der Waals surface area contributed by atoms with Gasteiger partial charge in [0.25, 0.3) is 0 Å². The summed E-state index contributed by atoms with van der Waals surface area (Å²) in [6.07, 6.45) is 0.902. The van der Waals surface area contributed by atoms with Gasteiger partial charge in [-0.25, -0.2) is 9.79 Å². The Hall–Kier alpha value is -3.44. The molecule has 0 bridgehead atoms. The molecule has 0 spiro atoms. The van der Waals surface area contributed by atoms with E-state index in [0.29, 0.717) is 5.56 Å². The fraction of sp³-hybridized carbons (Fsp3) is 0.231. The van der Waals surface area contributed by atoms with Gasteiger partial charge in [-0.05, 0) is 34.9 Å². The number of piperazine rings is 1. The van der Waals surface area contributed by atoms with Gasteiger partial charge < -0.3 is 10.0 Å². The van der Waals surface area contributed by atoms with Crippen molar-refractivity contribution in [2.75, 3.05) is 26.2 Å². The summed E-state index contributed by atoms with van der Waals surface area (Å²) in [5.41, 5.74) is 6.25. The van der Waals surface area contributed by atoms with Crippen molar-refractivity contribution in [1.82, 2.24) is 9.80 Å². The summed E-state index contributed by atoms with van der Waals surface area (Å²) in [7, 11) is 0. The number of nitrogens with zero attached hydrogens (tertiary/aromatic N) is 3. The van der Waals surface area contributed by atoms with Crippen LogP contribution < -0.4 is 0 Å². The molecular formula is C26H25N3O2. The van der Waals surface area contributed by atoms with Crippen LogP contribution in [0, 0.1) is 0 Å². The molecule has 31 heavy (non-hydrogen) atoms. The van der Waals surface area contributed by atoms with E-state index in [4.69, 9.17) is 4.99 Å². The lowest BCUT2D eigenvalue weighted by Crippen LogP contribution is -2.48. The van der Waals surface area contributed by atoms with Crippen LogP contribution in [-0.2, 0) is 13.0 Å². The number of para-hydroxylation sites is 1. The van der Waals surface area contributed by atoms with E-state index in [9.17, 15) is 9.90 Å². The van der Waals surface area contributed by atoms with Gasteiger partial charge >= 0.3 is 5.97 Å². The number of rotatable bonds is 3. The molecule has 3 aromatic rings. The first kappa shape index (κ1) is 19.5. The van der Waals surface area contributed by atoms with Crippen molar-refractivity contribution in [3.63, 3.8) is 0 Å². The van der Waals surface area contributed by atoms with Crippen LogP contribution in [0.1, 0.15) is 32.6 Å². The second-order valence-electron chi connectivity index (χ2n) is 8.17. The molecule has 156 valence electrons. The van der Waals surface area contributed by atoms with Crippen LogP contribution in [0.2, 0.25) is 0 Å². The standard InChI is InChI=1S/C26H25N3O2/c30-26(31)22-9-5-6-19(16-22)18-28-12-14-29(15-13-28)25-23-10-3-1-7-20(23)17-21-8-2-4-11-24(21)27-25/h1-11,16H,12-15,17-18H2,(H,30,31). The number of carboxylic acids is 1. The average Bonchev–Trinajstić information content (AvgIpc) is 2.96. The lowest BCUT2D eigenvalue weighted by atomic mass is 9.99. The number of fused-ring (bicyclic) bond motifs is 2. The molecule has 0 amide bonds. The van der Waals surface area contributed by atoms with Gasteiger partial charge in [0.05, 0.1) is 11.3 Å². The Bertz CT molecular complexity index is 1150. The molecule has 0 aliphatic carbocycles. The Kier molecular flexibility index (Phi) is 5.26. The van der Waals surface area contributed by atoms with E-state index in [1.165, 1.54) is 16.7 Å². The van der Waals surface area contributed by atoms with Crippen LogP contribution in [0.3, 0.4) is 0 Å². The zero-order valence-electron chi connectivity index (χ0n) is 17.4. The van der Waals surface area contributed by atoms with Crippen molar-refractivity contribution < 1.29 is 9.90 Å². The fourth-order valence-corrected chi connectivity index (χ4v) is 4.46. The van der Waals surface area contributed by atoms with Crippen molar-refractivity contribution in [3.8, 4) is 0 Å². The molecular weight excluding hydrogens is 386 g/mol. The van der Waals surface area contributed by atoms with Crippen molar-refractivity contribution in [3.05, 3.63) is 101 Å². The quantitative estimate of drug-likeness (QED) is 0.702. The minimum atomic E-state index is -0.878. The van der Waals surface area contributed by atoms with E-state index in [1.54, 1.807) is 12.1 Å². The third-order valence-corrected chi connectivity index (χ3v) is 6.11. The van der Waals surface area contributed by atoms with Crippen LogP contribution in [-0.4, -0.2) is 52.9 Å². The Morgan fingerprint density at radius 2 is 1.61 bits per heavy atom. The van der Waals surface area contributed by atoms with Gasteiger partial charge in [0.2, 0.25) is 0 Å². The van der Waals surface area contributed by atoms with E-state index >= 15 is 0 Å². The lowest BCUT2D eigenvalue weighted by Gasteiger charge is -2.36. The van der Waals surface area contributed by atoms with E-state index < -0.39 is 5.97 Å². The van der Waals surface area contributed by atoms with Gasteiger partial charge in [0.1, 0.15) is 5.84 Å². The van der Waals surface area contributed by atoms with Crippen LogP contribution in [0.4, 0.5) is 5.69 Å².